The molecule has 0 bridgehead atoms. The van der Waals surface area contributed by atoms with E-state index in [0.717, 1.165) is 17.7 Å². The Labute approximate surface area is 183 Å². The van der Waals surface area contributed by atoms with Crippen LogP contribution < -0.4 is 9.64 Å². The molecular weight excluding hydrogens is 421 g/mol. The summed E-state index contributed by atoms with van der Waals surface area (Å²) in [6.07, 6.45) is 1.52. The van der Waals surface area contributed by atoms with Crippen molar-refractivity contribution in [2.45, 2.75) is 19.4 Å². The maximum absolute atomic E-state index is 13.9. The summed E-state index contributed by atoms with van der Waals surface area (Å²) in [6.45, 7) is 3.52. The molecule has 0 N–H and O–H groups in total. The number of anilines is 1. The van der Waals surface area contributed by atoms with Crippen molar-refractivity contribution < 1.29 is 22.7 Å². The number of hydrogen-bond acceptors (Lipinski definition) is 5. The van der Waals surface area contributed by atoms with Crippen LogP contribution in [0.4, 0.5) is 19.0 Å². The maximum Gasteiger partial charge on any atom is 0.227 e. The van der Waals surface area contributed by atoms with E-state index < -0.39 is 11.6 Å². The normalized spacial score (nSPS) is 16.2. The predicted molar refractivity (Wildman–Crippen MR) is 112 cm³/mol. The molecule has 166 valence electrons. The van der Waals surface area contributed by atoms with E-state index in [-0.39, 0.29) is 35.8 Å². The molecule has 0 aliphatic carbocycles. The average Bonchev–Trinajstić information content (AvgIpc) is 2.77. The fourth-order valence-corrected chi connectivity index (χ4v) is 3.64. The minimum atomic E-state index is -0.827. The van der Waals surface area contributed by atoms with Crippen molar-refractivity contribution in [1.29, 1.82) is 0 Å². The molecule has 32 heavy (non-hydrogen) atoms. The number of rotatable bonds is 5. The Morgan fingerprint density at radius 2 is 1.78 bits per heavy atom. The van der Waals surface area contributed by atoms with Crippen LogP contribution in [-0.2, 0) is 11.2 Å². The quantitative estimate of drug-likeness (QED) is 0.599. The smallest absolute Gasteiger partial charge is 0.227 e. The average molecular weight is 442 g/mol. The van der Waals surface area contributed by atoms with E-state index in [1.165, 1.54) is 24.5 Å². The van der Waals surface area contributed by atoms with Gasteiger partial charge in [-0.25, -0.2) is 23.1 Å². The van der Waals surface area contributed by atoms with Gasteiger partial charge in [0.2, 0.25) is 11.8 Å². The highest BCUT2D eigenvalue weighted by atomic mass is 19.1. The third kappa shape index (κ3) is 4.99. The molecule has 3 aromatic rings. The van der Waals surface area contributed by atoms with E-state index in [4.69, 9.17) is 4.74 Å². The Morgan fingerprint density at radius 1 is 1.03 bits per heavy atom. The van der Waals surface area contributed by atoms with Crippen molar-refractivity contribution in [2.75, 3.05) is 24.5 Å². The van der Waals surface area contributed by atoms with Gasteiger partial charge >= 0.3 is 0 Å². The summed E-state index contributed by atoms with van der Waals surface area (Å²) in [5.41, 5.74) is 0.761. The molecule has 6 nitrogen and oxygen atoms in total. The first kappa shape index (κ1) is 21.6. The predicted octanol–water partition coefficient (Wildman–Crippen LogP) is 3.97. The van der Waals surface area contributed by atoms with Crippen molar-refractivity contribution in [2.24, 2.45) is 0 Å². The molecule has 1 fully saturated rings. The van der Waals surface area contributed by atoms with Crippen LogP contribution in [0.3, 0.4) is 0 Å². The monoisotopic (exact) mass is 442 g/mol. The van der Waals surface area contributed by atoms with Crippen LogP contribution in [0.1, 0.15) is 12.5 Å². The van der Waals surface area contributed by atoms with Crippen molar-refractivity contribution >= 4 is 11.7 Å². The molecule has 1 aliphatic rings. The van der Waals surface area contributed by atoms with Gasteiger partial charge in [-0.3, -0.25) is 4.79 Å². The van der Waals surface area contributed by atoms with Gasteiger partial charge in [-0.1, -0.05) is 12.1 Å². The first-order valence-electron chi connectivity index (χ1n) is 10.1. The van der Waals surface area contributed by atoms with Crippen LogP contribution in [0.2, 0.25) is 0 Å². The topological polar surface area (TPSA) is 58.6 Å². The Kier molecular flexibility index (Phi) is 6.25. The van der Waals surface area contributed by atoms with Crippen molar-refractivity contribution in [1.82, 2.24) is 14.9 Å². The summed E-state index contributed by atoms with van der Waals surface area (Å²) >= 11 is 0. The lowest BCUT2D eigenvalue weighted by Gasteiger charge is -2.40. The molecule has 1 unspecified atom stereocenters. The third-order valence-corrected chi connectivity index (χ3v) is 5.28. The molecule has 1 saturated heterocycles. The van der Waals surface area contributed by atoms with E-state index in [1.807, 2.05) is 11.8 Å². The first-order valence-corrected chi connectivity index (χ1v) is 10.1. The van der Waals surface area contributed by atoms with Gasteiger partial charge in [-0.2, -0.15) is 0 Å². The van der Waals surface area contributed by atoms with Gasteiger partial charge in [0.05, 0.1) is 6.42 Å². The van der Waals surface area contributed by atoms with Gasteiger partial charge in [-0.15, -0.1) is 0 Å². The summed E-state index contributed by atoms with van der Waals surface area (Å²) in [5, 5.41) is 0. The maximum atomic E-state index is 13.9. The van der Waals surface area contributed by atoms with E-state index in [9.17, 15) is 18.0 Å². The van der Waals surface area contributed by atoms with Crippen molar-refractivity contribution in [3.05, 3.63) is 77.9 Å². The number of hydrogen-bond donors (Lipinski definition) is 0. The number of carbonyl (C=O) groups excluding carboxylic acids is 1. The van der Waals surface area contributed by atoms with Crippen molar-refractivity contribution in [3.63, 3.8) is 0 Å². The van der Waals surface area contributed by atoms with Gasteiger partial charge in [-0.05, 0) is 36.8 Å². The highest BCUT2D eigenvalue weighted by Gasteiger charge is 2.28. The molecule has 9 heteroatoms. The molecule has 0 saturated carbocycles. The van der Waals surface area contributed by atoms with E-state index >= 15 is 0 Å². The van der Waals surface area contributed by atoms with E-state index in [1.54, 1.807) is 23.1 Å². The summed E-state index contributed by atoms with van der Waals surface area (Å²) < 4.78 is 45.5. The second kappa shape index (κ2) is 9.25. The molecule has 0 radical (unpaired) electrons. The summed E-state index contributed by atoms with van der Waals surface area (Å²) in [6, 6.07) is 10.4. The Bertz CT molecular complexity index is 1110. The fourth-order valence-electron chi connectivity index (χ4n) is 3.64. The Balaban J connectivity index is 1.40. The summed E-state index contributed by atoms with van der Waals surface area (Å²) in [5.74, 6) is -1.31. The lowest BCUT2D eigenvalue weighted by molar-refractivity contribution is -0.132. The van der Waals surface area contributed by atoms with Crippen LogP contribution in [0.25, 0.3) is 0 Å². The number of aromatic nitrogens is 2. The number of piperazine rings is 1. The number of ether oxygens (including phenoxy) is 1. The van der Waals surface area contributed by atoms with Crippen LogP contribution in [0, 0.1) is 17.5 Å². The van der Waals surface area contributed by atoms with Gasteiger partial charge < -0.3 is 14.5 Å². The molecule has 1 amide bonds. The minimum absolute atomic E-state index is 0.0257. The lowest BCUT2D eigenvalue weighted by Crippen LogP contribution is -2.54. The summed E-state index contributed by atoms with van der Waals surface area (Å²) in [4.78, 5) is 24.8. The molecule has 2 heterocycles. The number of halogens is 3. The zero-order chi connectivity index (χ0) is 22.7. The fraction of sp³-hybridized carbons (Fsp3) is 0.261. The molecular formula is C23H21F3N4O2. The molecule has 1 atom stereocenters. The van der Waals surface area contributed by atoms with Gasteiger partial charge in [0.15, 0.2) is 11.6 Å². The van der Waals surface area contributed by atoms with Crippen molar-refractivity contribution in [3.8, 4) is 11.6 Å². The molecule has 1 aromatic heterocycles. The standard InChI is InChI=1S/C23H21F3N4O2/c1-15-13-29(8-9-30(15)23(31)10-16-2-4-17(24)5-3-16)21-12-22(28-14-27-21)32-20-7-6-18(25)11-19(20)26/h2-7,11-12,14-15H,8-10,13H2,1H3. The summed E-state index contributed by atoms with van der Waals surface area (Å²) in [7, 11) is 0. The molecule has 1 aliphatic heterocycles. The van der Waals surface area contributed by atoms with E-state index in [2.05, 4.69) is 9.97 Å². The second-order valence-corrected chi connectivity index (χ2v) is 7.58. The largest absolute Gasteiger partial charge is 0.436 e. The Hall–Kier alpha value is -3.62. The SMILES string of the molecule is CC1CN(c2cc(Oc3ccc(F)cc3F)ncn2)CCN1C(=O)Cc1ccc(F)cc1. The van der Waals surface area contributed by atoms with Gasteiger partial charge in [0.1, 0.15) is 23.8 Å². The van der Waals surface area contributed by atoms with Crippen LogP contribution in [-0.4, -0.2) is 46.5 Å². The zero-order valence-electron chi connectivity index (χ0n) is 17.3. The molecule has 0 spiro atoms. The zero-order valence-corrected chi connectivity index (χ0v) is 17.3. The number of amides is 1. The Morgan fingerprint density at radius 3 is 2.50 bits per heavy atom. The van der Waals surface area contributed by atoms with Crippen LogP contribution in [0.5, 0.6) is 11.6 Å². The van der Waals surface area contributed by atoms with Crippen LogP contribution >= 0.6 is 0 Å². The van der Waals surface area contributed by atoms with Gasteiger partial charge in [0, 0.05) is 37.8 Å². The number of benzene rings is 2. The first-order chi connectivity index (χ1) is 15.4. The van der Waals surface area contributed by atoms with Gasteiger partial charge in [0.25, 0.3) is 0 Å². The second-order valence-electron chi connectivity index (χ2n) is 7.58. The van der Waals surface area contributed by atoms with E-state index in [0.29, 0.717) is 25.5 Å². The highest BCUT2D eigenvalue weighted by Crippen LogP contribution is 2.26. The molecule has 4 rings (SSSR count). The number of nitrogens with zero attached hydrogens (tertiary/aromatic N) is 4. The van der Waals surface area contributed by atoms with Crippen LogP contribution in [0.15, 0.2) is 54.9 Å². The molecule has 2 aromatic carbocycles. The number of carbonyl (C=O) groups is 1. The minimum Gasteiger partial charge on any atom is -0.436 e. The lowest BCUT2D eigenvalue weighted by atomic mass is 10.1. The third-order valence-electron chi connectivity index (χ3n) is 5.28. The highest BCUT2D eigenvalue weighted by molar-refractivity contribution is 5.79.